The van der Waals surface area contributed by atoms with Gasteiger partial charge in [0.25, 0.3) is 0 Å². The van der Waals surface area contributed by atoms with Crippen LogP contribution in [0.2, 0.25) is 5.15 Å². The van der Waals surface area contributed by atoms with Crippen molar-refractivity contribution in [3.8, 4) is 0 Å². The molecule has 4 rings (SSSR count). The Morgan fingerprint density at radius 3 is 1.85 bits per heavy atom. The number of para-hydroxylation sites is 2. The van der Waals surface area contributed by atoms with Gasteiger partial charge in [-0.05, 0) is 12.1 Å². The minimum Gasteiger partial charge on any atom is -0.355 e. The van der Waals surface area contributed by atoms with Gasteiger partial charge in [-0.15, -0.1) is 0 Å². The van der Waals surface area contributed by atoms with Gasteiger partial charge in [-0.1, -0.05) is 48.0 Å². The number of aromatic amines is 1. The molecule has 0 amide bonds. The number of benzene rings is 2. The van der Waals surface area contributed by atoms with Crippen LogP contribution in [0.3, 0.4) is 0 Å². The number of aromatic nitrogens is 3. The van der Waals surface area contributed by atoms with Crippen LogP contribution >= 0.6 is 11.6 Å². The van der Waals surface area contributed by atoms with Crippen molar-refractivity contribution in [3.05, 3.63) is 72.3 Å². The van der Waals surface area contributed by atoms with Gasteiger partial charge >= 0.3 is 0 Å². The first-order valence-electron chi connectivity index (χ1n) is 6.21. The fourth-order valence-corrected chi connectivity index (χ4v) is 2.19. The second-order valence-corrected chi connectivity index (χ2v) is 4.63. The molecule has 2 aromatic heterocycles. The molecule has 0 aliphatic rings. The summed E-state index contributed by atoms with van der Waals surface area (Å²) >= 11 is 5.37. The minimum atomic E-state index is 0.433. The molecular weight excluding hydrogens is 270 g/mol. The summed E-state index contributed by atoms with van der Waals surface area (Å²) in [6, 6.07) is 16.8. The van der Waals surface area contributed by atoms with Crippen LogP contribution < -0.4 is 0 Å². The zero-order chi connectivity index (χ0) is 13.8. The van der Waals surface area contributed by atoms with E-state index in [2.05, 4.69) is 63.5 Å². The molecule has 0 saturated heterocycles. The fraction of sp³-hybridized carbons (Fsp3) is 0. The Balaban J connectivity index is 0.000000147. The van der Waals surface area contributed by atoms with E-state index in [1.807, 2.05) is 0 Å². The van der Waals surface area contributed by atoms with E-state index in [0.29, 0.717) is 5.15 Å². The smallest absolute Gasteiger partial charge is 0.147 e. The zero-order valence-electron chi connectivity index (χ0n) is 10.6. The van der Waals surface area contributed by atoms with E-state index in [0.717, 1.165) is 0 Å². The third-order valence-electron chi connectivity index (χ3n) is 2.95. The number of nitrogens with zero attached hydrogens (tertiary/aromatic N) is 2. The molecule has 0 bridgehead atoms. The Morgan fingerprint density at radius 1 is 0.800 bits per heavy atom. The van der Waals surface area contributed by atoms with Crippen molar-refractivity contribution in [3.63, 3.8) is 0 Å². The van der Waals surface area contributed by atoms with Crippen LogP contribution in [0.1, 0.15) is 0 Å². The first-order valence-corrected chi connectivity index (χ1v) is 6.59. The van der Waals surface area contributed by atoms with E-state index in [1.165, 1.54) is 28.0 Å². The lowest BCUT2D eigenvalue weighted by molar-refractivity contribution is 1.20. The monoisotopic (exact) mass is 281 g/mol. The van der Waals surface area contributed by atoms with E-state index in [4.69, 9.17) is 11.6 Å². The van der Waals surface area contributed by atoms with E-state index >= 15 is 0 Å². The molecule has 20 heavy (non-hydrogen) atoms. The van der Waals surface area contributed by atoms with E-state index < -0.39 is 0 Å². The lowest BCUT2D eigenvalue weighted by Gasteiger charge is -1.87. The Kier molecular flexibility index (Phi) is 3.61. The van der Waals surface area contributed by atoms with Crippen molar-refractivity contribution < 1.29 is 0 Å². The molecule has 4 aromatic rings. The minimum absolute atomic E-state index is 0.433. The van der Waals surface area contributed by atoms with E-state index in [-0.39, 0.29) is 0 Å². The predicted octanol–water partition coefficient (Wildman–Crippen LogP) is 4.45. The molecule has 0 saturated carbocycles. The molecule has 0 atom stereocenters. The maximum Gasteiger partial charge on any atom is 0.147 e. The average Bonchev–Trinajstić information content (AvgIpc) is 2.87. The van der Waals surface area contributed by atoms with Gasteiger partial charge in [0.15, 0.2) is 0 Å². The Hall–Kier alpha value is -2.39. The molecule has 2 heterocycles. The van der Waals surface area contributed by atoms with Crippen LogP contribution in [-0.4, -0.2) is 15.0 Å². The van der Waals surface area contributed by atoms with Crippen molar-refractivity contribution >= 4 is 33.4 Å². The van der Waals surface area contributed by atoms with Gasteiger partial charge in [0.05, 0.1) is 6.20 Å². The standard InChI is InChI=1S/C12H9N.C4H3ClN2/c1-3-7-11-9(5-1)10-6-2-4-8-12(10)13-11;5-4-3-6-1-2-7-4/h1-8,13H;1-3H. The van der Waals surface area contributed by atoms with Crippen LogP contribution in [0.25, 0.3) is 21.8 Å². The predicted molar refractivity (Wildman–Crippen MR) is 82.8 cm³/mol. The van der Waals surface area contributed by atoms with E-state index in [9.17, 15) is 0 Å². The molecule has 1 N–H and O–H groups in total. The molecule has 0 spiro atoms. The molecule has 0 aliphatic carbocycles. The largest absolute Gasteiger partial charge is 0.355 e. The van der Waals surface area contributed by atoms with Crippen molar-refractivity contribution in [1.82, 2.24) is 15.0 Å². The van der Waals surface area contributed by atoms with Crippen LogP contribution in [0.5, 0.6) is 0 Å². The summed E-state index contributed by atoms with van der Waals surface area (Å²) in [6.07, 6.45) is 4.61. The molecular formula is C16H12ClN3. The van der Waals surface area contributed by atoms with Gasteiger partial charge in [0, 0.05) is 34.2 Å². The second-order valence-electron chi connectivity index (χ2n) is 4.24. The summed E-state index contributed by atoms with van der Waals surface area (Å²) in [4.78, 5) is 10.7. The third kappa shape index (κ3) is 2.63. The van der Waals surface area contributed by atoms with Gasteiger partial charge in [-0.25, -0.2) is 4.98 Å². The number of fused-ring (bicyclic) bond motifs is 3. The van der Waals surface area contributed by atoms with Gasteiger partial charge < -0.3 is 4.98 Å². The lowest BCUT2D eigenvalue weighted by Crippen LogP contribution is -1.71. The van der Waals surface area contributed by atoms with Crippen LogP contribution in [-0.2, 0) is 0 Å². The molecule has 0 fully saturated rings. The fourth-order valence-electron chi connectivity index (χ4n) is 2.08. The number of halogens is 1. The molecule has 4 heteroatoms. The summed E-state index contributed by atoms with van der Waals surface area (Å²) in [5, 5.41) is 3.04. The Morgan fingerprint density at radius 2 is 1.40 bits per heavy atom. The average molecular weight is 282 g/mol. The Bertz CT molecular complexity index is 774. The highest BCUT2D eigenvalue weighted by atomic mass is 35.5. The summed E-state index contributed by atoms with van der Waals surface area (Å²) in [6.45, 7) is 0. The molecule has 0 unspecified atom stereocenters. The first kappa shape index (κ1) is 12.6. The molecule has 0 radical (unpaired) electrons. The highest BCUT2D eigenvalue weighted by Crippen LogP contribution is 2.24. The van der Waals surface area contributed by atoms with Crippen molar-refractivity contribution in [2.24, 2.45) is 0 Å². The molecule has 3 nitrogen and oxygen atoms in total. The van der Waals surface area contributed by atoms with Crippen molar-refractivity contribution in [2.75, 3.05) is 0 Å². The summed E-state index contributed by atoms with van der Waals surface area (Å²) in [5.74, 6) is 0. The number of nitrogens with one attached hydrogen (secondary N) is 1. The quantitative estimate of drug-likeness (QED) is 0.517. The summed E-state index contributed by atoms with van der Waals surface area (Å²) < 4.78 is 0. The van der Waals surface area contributed by atoms with E-state index in [1.54, 1.807) is 12.4 Å². The number of rotatable bonds is 0. The highest BCUT2D eigenvalue weighted by molar-refractivity contribution is 6.29. The van der Waals surface area contributed by atoms with Gasteiger partial charge in [0.1, 0.15) is 5.15 Å². The van der Waals surface area contributed by atoms with Gasteiger partial charge in [0.2, 0.25) is 0 Å². The van der Waals surface area contributed by atoms with Crippen molar-refractivity contribution in [1.29, 1.82) is 0 Å². The van der Waals surface area contributed by atoms with Gasteiger partial charge in [-0.3, -0.25) is 4.98 Å². The topological polar surface area (TPSA) is 41.6 Å². The normalized spacial score (nSPS) is 10.2. The SMILES string of the molecule is Clc1cnccn1.c1ccc2c(c1)[nH]c1ccccc12. The summed E-state index contributed by atoms with van der Waals surface area (Å²) in [5.41, 5.74) is 2.42. The maximum atomic E-state index is 5.37. The van der Waals surface area contributed by atoms with Crippen LogP contribution in [0, 0.1) is 0 Å². The molecule has 98 valence electrons. The molecule has 2 aromatic carbocycles. The zero-order valence-corrected chi connectivity index (χ0v) is 11.4. The number of H-pyrrole nitrogens is 1. The number of hydrogen-bond donors (Lipinski definition) is 1. The highest BCUT2D eigenvalue weighted by Gasteiger charge is 2.00. The maximum absolute atomic E-state index is 5.37. The first-order chi connectivity index (χ1) is 9.84. The van der Waals surface area contributed by atoms with Crippen LogP contribution in [0.4, 0.5) is 0 Å². The van der Waals surface area contributed by atoms with Crippen LogP contribution in [0.15, 0.2) is 67.1 Å². The van der Waals surface area contributed by atoms with Crippen molar-refractivity contribution in [2.45, 2.75) is 0 Å². The van der Waals surface area contributed by atoms with Gasteiger partial charge in [-0.2, -0.15) is 0 Å². The summed E-state index contributed by atoms with van der Waals surface area (Å²) in [7, 11) is 0. The third-order valence-corrected chi connectivity index (χ3v) is 3.14. The Labute approximate surface area is 121 Å². The second kappa shape index (κ2) is 5.72. The molecule has 0 aliphatic heterocycles. The lowest BCUT2D eigenvalue weighted by atomic mass is 10.2. The number of hydrogen-bond acceptors (Lipinski definition) is 2.